The minimum atomic E-state index is -3.34. The lowest BCUT2D eigenvalue weighted by molar-refractivity contribution is -0.128. The molecule has 0 spiro atoms. The molecule has 0 aliphatic heterocycles. The molecule has 0 saturated heterocycles. The molecule has 2 aromatic rings. The summed E-state index contributed by atoms with van der Waals surface area (Å²) in [7, 11) is -0.265. The van der Waals surface area contributed by atoms with Crippen LogP contribution < -0.4 is 19.1 Å². The van der Waals surface area contributed by atoms with E-state index in [1.54, 1.807) is 31.4 Å². The molecular weight excluding hydrogens is 392 g/mol. The zero-order valence-corrected chi connectivity index (χ0v) is 18.2. The van der Waals surface area contributed by atoms with E-state index in [-0.39, 0.29) is 11.9 Å². The zero-order valence-electron chi connectivity index (χ0n) is 17.4. The summed E-state index contributed by atoms with van der Waals surface area (Å²) in [5, 5.41) is 2.96. The maximum atomic E-state index is 12.7. The molecule has 158 valence electrons. The molecular formula is C21H28N2O5S. The number of nitrogens with zero attached hydrogens (tertiary/aromatic N) is 1. The fourth-order valence-corrected chi connectivity index (χ4v) is 3.33. The van der Waals surface area contributed by atoms with Crippen LogP contribution in [-0.2, 0) is 14.8 Å². The summed E-state index contributed by atoms with van der Waals surface area (Å²) in [6.07, 6.45) is 0.943. The minimum absolute atomic E-state index is 0.233. The van der Waals surface area contributed by atoms with Gasteiger partial charge in [-0.2, -0.15) is 0 Å². The highest BCUT2D eigenvalue weighted by atomic mass is 32.2. The number of benzene rings is 2. The Morgan fingerprint density at radius 3 is 2.31 bits per heavy atom. The standard InChI is InChI=1S/C21H28N2O5S/c1-6-19(21(24)22-15(2)18-9-7-8-10-20(18)27-4)28-17-13-11-16(12-14-17)23(3)29(5,25)26/h7-15,19H,6H2,1-5H3,(H,22,24). The van der Waals surface area contributed by atoms with Gasteiger partial charge in [-0.25, -0.2) is 8.42 Å². The Labute approximate surface area is 172 Å². The fourth-order valence-electron chi connectivity index (χ4n) is 2.82. The molecule has 8 heteroatoms. The van der Waals surface area contributed by atoms with Gasteiger partial charge in [0.1, 0.15) is 11.5 Å². The van der Waals surface area contributed by atoms with Crippen LogP contribution in [0, 0.1) is 0 Å². The first-order chi connectivity index (χ1) is 13.7. The second-order valence-corrected chi connectivity index (χ2v) is 8.73. The maximum Gasteiger partial charge on any atom is 0.261 e. The summed E-state index contributed by atoms with van der Waals surface area (Å²) in [4.78, 5) is 12.7. The van der Waals surface area contributed by atoms with Gasteiger partial charge in [-0.05, 0) is 43.7 Å². The molecule has 0 aliphatic rings. The minimum Gasteiger partial charge on any atom is -0.496 e. The molecule has 0 fully saturated rings. The van der Waals surface area contributed by atoms with Gasteiger partial charge in [0, 0.05) is 12.6 Å². The van der Waals surface area contributed by atoms with Gasteiger partial charge in [-0.1, -0.05) is 25.1 Å². The molecule has 2 unspecified atom stereocenters. The number of ether oxygens (including phenoxy) is 2. The Bertz CT molecular complexity index is 928. The number of para-hydroxylation sites is 1. The summed E-state index contributed by atoms with van der Waals surface area (Å²) in [6.45, 7) is 3.75. The third kappa shape index (κ3) is 5.87. The highest BCUT2D eigenvalue weighted by molar-refractivity contribution is 7.92. The van der Waals surface area contributed by atoms with Crippen LogP contribution in [0.25, 0.3) is 0 Å². The number of anilines is 1. The summed E-state index contributed by atoms with van der Waals surface area (Å²) >= 11 is 0. The summed E-state index contributed by atoms with van der Waals surface area (Å²) in [5.41, 5.74) is 1.40. The van der Waals surface area contributed by atoms with Gasteiger partial charge in [-0.15, -0.1) is 0 Å². The Balaban J connectivity index is 2.06. The second-order valence-electron chi connectivity index (χ2n) is 6.71. The molecule has 1 amide bonds. The Morgan fingerprint density at radius 2 is 1.76 bits per heavy atom. The number of sulfonamides is 1. The number of rotatable bonds is 9. The number of hydrogen-bond donors (Lipinski definition) is 1. The van der Waals surface area contributed by atoms with E-state index in [9.17, 15) is 13.2 Å². The zero-order chi connectivity index (χ0) is 21.6. The molecule has 2 rings (SSSR count). The molecule has 1 N–H and O–H groups in total. The van der Waals surface area contributed by atoms with E-state index in [1.807, 2.05) is 38.1 Å². The molecule has 0 radical (unpaired) electrons. The molecule has 29 heavy (non-hydrogen) atoms. The van der Waals surface area contributed by atoms with Crippen molar-refractivity contribution in [1.29, 1.82) is 0 Å². The number of hydrogen-bond acceptors (Lipinski definition) is 5. The number of carbonyl (C=O) groups excluding carboxylic acids is 1. The second kappa shape index (κ2) is 9.65. The Hall–Kier alpha value is -2.74. The highest BCUT2D eigenvalue weighted by Gasteiger charge is 2.22. The first-order valence-electron chi connectivity index (χ1n) is 9.31. The van der Waals surface area contributed by atoms with Gasteiger partial charge in [0.2, 0.25) is 10.0 Å². The molecule has 2 atom stereocenters. The largest absolute Gasteiger partial charge is 0.496 e. The van der Waals surface area contributed by atoms with E-state index in [0.717, 1.165) is 11.8 Å². The molecule has 0 bridgehead atoms. The summed E-state index contributed by atoms with van der Waals surface area (Å²) in [5.74, 6) is 0.964. The predicted molar refractivity (Wildman–Crippen MR) is 114 cm³/mol. The summed E-state index contributed by atoms with van der Waals surface area (Å²) in [6, 6.07) is 13.8. The van der Waals surface area contributed by atoms with Gasteiger partial charge in [0.15, 0.2) is 6.10 Å². The Kier molecular flexibility index (Phi) is 7.50. The van der Waals surface area contributed by atoms with Crippen LogP contribution in [0.4, 0.5) is 5.69 Å². The van der Waals surface area contributed by atoms with Gasteiger partial charge < -0.3 is 14.8 Å². The molecule has 0 saturated carbocycles. The number of methoxy groups -OCH3 is 1. The maximum absolute atomic E-state index is 12.7. The van der Waals surface area contributed by atoms with Crippen molar-refractivity contribution in [3.63, 3.8) is 0 Å². The van der Waals surface area contributed by atoms with E-state index < -0.39 is 16.1 Å². The van der Waals surface area contributed by atoms with Gasteiger partial charge in [-0.3, -0.25) is 9.10 Å². The van der Waals surface area contributed by atoms with Crippen LogP contribution in [0.3, 0.4) is 0 Å². The molecule has 0 aromatic heterocycles. The SMILES string of the molecule is CCC(Oc1ccc(N(C)S(C)(=O)=O)cc1)C(=O)NC(C)c1ccccc1OC. The van der Waals surface area contributed by atoms with Crippen LogP contribution in [-0.4, -0.2) is 40.8 Å². The van der Waals surface area contributed by atoms with Crippen molar-refractivity contribution < 1.29 is 22.7 Å². The van der Waals surface area contributed by atoms with E-state index >= 15 is 0 Å². The van der Waals surface area contributed by atoms with Crippen molar-refractivity contribution in [3.05, 3.63) is 54.1 Å². The highest BCUT2D eigenvalue weighted by Crippen LogP contribution is 2.25. The average Bonchev–Trinajstić information content (AvgIpc) is 2.70. The molecule has 0 heterocycles. The lowest BCUT2D eigenvalue weighted by Crippen LogP contribution is -2.39. The van der Waals surface area contributed by atoms with Crippen molar-refractivity contribution in [2.45, 2.75) is 32.4 Å². The van der Waals surface area contributed by atoms with Crippen molar-refractivity contribution in [2.75, 3.05) is 24.7 Å². The summed E-state index contributed by atoms with van der Waals surface area (Å²) < 4.78 is 35.6. The van der Waals surface area contributed by atoms with Crippen LogP contribution in [0.2, 0.25) is 0 Å². The fraction of sp³-hybridized carbons (Fsp3) is 0.381. The third-order valence-electron chi connectivity index (χ3n) is 4.60. The lowest BCUT2D eigenvalue weighted by atomic mass is 10.1. The van der Waals surface area contributed by atoms with Gasteiger partial charge in [0.25, 0.3) is 5.91 Å². The topological polar surface area (TPSA) is 84.9 Å². The van der Waals surface area contributed by atoms with E-state index in [4.69, 9.17) is 9.47 Å². The lowest BCUT2D eigenvalue weighted by Gasteiger charge is -2.22. The predicted octanol–water partition coefficient (Wildman–Crippen LogP) is 3.13. The van der Waals surface area contributed by atoms with Crippen LogP contribution in [0.15, 0.2) is 48.5 Å². The van der Waals surface area contributed by atoms with E-state index in [0.29, 0.717) is 23.6 Å². The van der Waals surface area contributed by atoms with Gasteiger partial charge in [0.05, 0.1) is 25.1 Å². The molecule has 0 aliphatic carbocycles. The first kappa shape index (κ1) is 22.5. The van der Waals surface area contributed by atoms with Crippen molar-refractivity contribution in [3.8, 4) is 11.5 Å². The molecule has 2 aromatic carbocycles. The monoisotopic (exact) mass is 420 g/mol. The van der Waals surface area contributed by atoms with Crippen molar-refractivity contribution in [2.24, 2.45) is 0 Å². The van der Waals surface area contributed by atoms with Crippen molar-refractivity contribution >= 4 is 21.6 Å². The number of nitrogens with one attached hydrogen (secondary N) is 1. The van der Waals surface area contributed by atoms with E-state index in [2.05, 4.69) is 5.32 Å². The number of carbonyl (C=O) groups is 1. The Morgan fingerprint density at radius 1 is 1.14 bits per heavy atom. The first-order valence-corrected chi connectivity index (χ1v) is 11.2. The molecule has 7 nitrogen and oxygen atoms in total. The van der Waals surface area contributed by atoms with Crippen LogP contribution >= 0.6 is 0 Å². The van der Waals surface area contributed by atoms with Crippen molar-refractivity contribution in [1.82, 2.24) is 5.32 Å². The van der Waals surface area contributed by atoms with E-state index in [1.165, 1.54) is 11.4 Å². The normalized spacial score (nSPS) is 13.3. The average molecular weight is 421 g/mol. The smallest absolute Gasteiger partial charge is 0.261 e. The van der Waals surface area contributed by atoms with Crippen LogP contribution in [0.1, 0.15) is 31.9 Å². The van der Waals surface area contributed by atoms with Crippen LogP contribution in [0.5, 0.6) is 11.5 Å². The quantitative estimate of drug-likeness (QED) is 0.674. The third-order valence-corrected chi connectivity index (χ3v) is 5.81. The number of amides is 1. The van der Waals surface area contributed by atoms with Gasteiger partial charge >= 0.3 is 0 Å².